The standard InChI is InChI=1S/C13H15F3N4S/c1-3-17-7-9-4-5-10(6-11(9)13(14,15)16)21-12-18-8-19-20(12)2/h4-6,8,17H,3,7H2,1-2H3. The minimum Gasteiger partial charge on any atom is -0.313 e. The van der Waals surface area contributed by atoms with E-state index in [0.717, 1.165) is 17.8 Å². The van der Waals surface area contributed by atoms with E-state index in [1.807, 2.05) is 6.92 Å². The minimum atomic E-state index is -4.37. The molecule has 0 spiro atoms. The van der Waals surface area contributed by atoms with Gasteiger partial charge in [-0.05, 0) is 24.2 Å². The number of aryl methyl sites for hydroxylation is 1. The second-order valence-corrected chi connectivity index (χ2v) is 5.41. The van der Waals surface area contributed by atoms with E-state index in [2.05, 4.69) is 15.4 Å². The molecule has 2 rings (SSSR count). The van der Waals surface area contributed by atoms with E-state index in [1.54, 1.807) is 13.1 Å². The second kappa shape index (κ2) is 6.48. The van der Waals surface area contributed by atoms with Crippen molar-refractivity contribution in [3.8, 4) is 0 Å². The Morgan fingerprint density at radius 3 is 2.67 bits per heavy atom. The molecular weight excluding hydrogens is 301 g/mol. The molecule has 0 unspecified atom stereocenters. The van der Waals surface area contributed by atoms with Gasteiger partial charge in [0.2, 0.25) is 0 Å². The van der Waals surface area contributed by atoms with Crippen LogP contribution >= 0.6 is 11.8 Å². The fourth-order valence-corrected chi connectivity index (χ4v) is 2.58. The molecule has 1 aromatic heterocycles. The molecule has 0 radical (unpaired) electrons. The first-order valence-corrected chi connectivity index (χ1v) is 7.16. The average Bonchev–Trinajstić information content (AvgIpc) is 2.82. The number of nitrogens with zero attached hydrogens (tertiary/aromatic N) is 3. The number of aromatic nitrogens is 3. The van der Waals surface area contributed by atoms with Crippen LogP contribution in [0.2, 0.25) is 0 Å². The Morgan fingerprint density at radius 1 is 1.33 bits per heavy atom. The lowest BCUT2D eigenvalue weighted by Gasteiger charge is -2.14. The molecule has 0 bridgehead atoms. The highest BCUT2D eigenvalue weighted by molar-refractivity contribution is 7.99. The van der Waals surface area contributed by atoms with Gasteiger partial charge >= 0.3 is 6.18 Å². The molecular formula is C13H15F3N4S. The van der Waals surface area contributed by atoms with Gasteiger partial charge in [0.05, 0.1) is 5.56 Å². The Hall–Kier alpha value is -1.54. The number of benzene rings is 1. The van der Waals surface area contributed by atoms with Crippen molar-refractivity contribution in [2.45, 2.75) is 29.7 Å². The van der Waals surface area contributed by atoms with Crippen LogP contribution in [0.1, 0.15) is 18.1 Å². The van der Waals surface area contributed by atoms with E-state index < -0.39 is 11.7 Å². The fraction of sp³-hybridized carbons (Fsp3) is 0.385. The van der Waals surface area contributed by atoms with Gasteiger partial charge in [-0.25, -0.2) is 9.67 Å². The van der Waals surface area contributed by atoms with Crippen molar-refractivity contribution in [3.63, 3.8) is 0 Å². The van der Waals surface area contributed by atoms with Gasteiger partial charge in [0.15, 0.2) is 5.16 Å². The van der Waals surface area contributed by atoms with Gasteiger partial charge in [0.1, 0.15) is 6.33 Å². The van der Waals surface area contributed by atoms with Crippen molar-refractivity contribution >= 4 is 11.8 Å². The van der Waals surface area contributed by atoms with E-state index >= 15 is 0 Å². The second-order valence-electron chi connectivity index (χ2n) is 4.37. The summed E-state index contributed by atoms with van der Waals surface area (Å²) in [5, 5.41) is 7.36. The molecule has 8 heteroatoms. The Labute approximate surface area is 124 Å². The van der Waals surface area contributed by atoms with Gasteiger partial charge < -0.3 is 5.32 Å². The SMILES string of the molecule is CCNCc1ccc(Sc2ncnn2C)cc1C(F)(F)F. The molecule has 0 aliphatic rings. The predicted molar refractivity (Wildman–Crippen MR) is 74.0 cm³/mol. The smallest absolute Gasteiger partial charge is 0.313 e. The number of nitrogens with one attached hydrogen (secondary N) is 1. The highest BCUT2D eigenvalue weighted by atomic mass is 32.2. The highest BCUT2D eigenvalue weighted by Gasteiger charge is 2.33. The monoisotopic (exact) mass is 316 g/mol. The number of hydrogen-bond donors (Lipinski definition) is 1. The van der Waals surface area contributed by atoms with Crippen LogP contribution in [0.3, 0.4) is 0 Å². The van der Waals surface area contributed by atoms with Gasteiger partial charge in [-0.1, -0.05) is 24.8 Å². The molecule has 0 aliphatic carbocycles. The third kappa shape index (κ3) is 3.98. The first kappa shape index (κ1) is 15.8. The van der Waals surface area contributed by atoms with Crippen LogP contribution in [0.4, 0.5) is 13.2 Å². The summed E-state index contributed by atoms with van der Waals surface area (Å²) < 4.78 is 40.9. The topological polar surface area (TPSA) is 42.7 Å². The molecule has 0 amide bonds. The third-order valence-electron chi connectivity index (χ3n) is 2.83. The number of halogens is 3. The summed E-state index contributed by atoms with van der Waals surface area (Å²) in [6, 6.07) is 4.33. The molecule has 1 heterocycles. The van der Waals surface area contributed by atoms with Crippen molar-refractivity contribution in [3.05, 3.63) is 35.7 Å². The van der Waals surface area contributed by atoms with E-state index in [0.29, 0.717) is 16.6 Å². The summed E-state index contributed by atoms with van der Waals surface area (Å²) in [4.78, 5) is 4.48. The molecule has 21 heavy (non-hydrogen) atoms. The lowest BCUT2D eigenvalue weighted by Crippen LogP contribution is -2.17. The predicted octanol–water partition coefficient (Wildman–Crippen LogP) is 3.09. The normalized spacial score (nSPS) is 11.9. The van der Waals surface area contributed by atoms with Gasteiger partial charge in [0, 0.05) is 18.5 Å². The van der Waals surface area contributed by atoms with Crippen LogP contribution in [-0.4, -0.2) is 21.3 Å². The zero-order valence-electron chi connectivity index (χ0n) is 11.6. The maximum atomic E-state index is 13.1. The largest absolute Gasteiger partial charge is 0.416 e. The molecule has 1 aromatic carbocycles. The van der Waals surface area contributed by atoms with E-state index in [4.69, 9.17) is 0 Å². The van der Waals surface area contributed by atoms with Crippen molar-refractivity contribution in [2.24, 2.45) is 7.05 Å². The Balaban J connectivity index is 2.30. The molecule has 0 saturated heterocycles. The van der Waals surface area contributed by atoms with Crippen LogP contribution in [0.15, 0.2) is 34.6 Å². The van der Waals surface area contributed by atoms with E-state index in [-0.39, 0.29) is 12.1 Å². The van der Waals surface area contributed by atoms with Gasteiger partial charge in [0.25, 0.3) is 0 Å². The molecule has 0 aliphatic heterocycles. The van der Waals surface area contributed by atoms with Gasteiger partial charge in [-0.3, -0.25) is 0 Å². The Bertz CT molecular complexity index is 610. The van der Waals surface area contributed by atoms with Crippen molar-refractivity contribution < 1.29 is 13.2 Å². The van der Waals surface area contributed by atoms with E-state index in [9.17, 15) is 13.2 Å². The summed E-state index contributed by atoms with van der Waals surface area (Å²) in [5.74, 6) is 0. The molecule has 0 atom stereocenters. The van der Waals surface area contributed by atoms with Crippen molar-refractivity contribution in [1.82, 2.24) is 20.1 Å². The zero-order valence-corrected chi connectivity index (χ0v) is 12.4. The lowest BCUT2D eigenvalue weighted by molar-refractivity contribution is -0.138. The Kier molecular flexibility index (Phi) is 4.89. The van der Waals surface area contributed by atoms with E-state index in [1.165, 1.54) is 17.1 Å². The highest BCUT2D eigenvalue weighted by Crippen LogP contribution is 2.36. The van der Waals surface area contributed by atoms with Crippen LogP contribution in [0, 0.1) is 0 Å². The van der Waals surface area contributed by atoms with Crippen LogP contribution in [0.5, 0.6) is 0 Å². The summed E-state index contributed by atoms with van der Waals surface area (Å²) in [6.07, 6.45) is -3.01. The summed E-state index contributed by atoms with van der Waals surface area (Å²) in [5.41, 5.74) is -0.373. The maximum absolute atomic E-state index is 13.1. The quantitative estimate of drug-likeness (QED) is 0.920. The lowest BCUT2D eigenvalue weighted by atomic mass is 10.1. The van der Waals surface area contributed by atoms with Gasteiger partial charge in [-0.15, -0.1) is 0 Å². The summed E-state index contributed by atoms with van der Waals surface area (Å²) in [7, 11) is 1.69. The first-order valence-electron chi connectivity index (χ1n) is 6.34. The molecule has 0 saturated carbocycles. The van der Waals surface area contributed by atoms with Crippen molar-refractivity contribution in [1.29, 1.82) is 0 Å². The summed E-state index contributed by atoms with van der Waals surface area (Å²) in [6.45, 7) is 2.67. The van der Waals surface area contributed by atoms with Crippen LogP contribution < -0.4 is 5.32 Å². The molecule has 0 fully saturated rings. The van der Waals surface area contributed by atoms with Crippen LogP contribution in [-0.2, 0) is 19.8 Å². The van der Waals surface area contributed by atoms with Crippen LogP contribution in [0.25, 0.3) is 0 Å². The molecule has 1 N–H and O–H groups in total. The third-order valence-corrected chi connectivity index (χ3v) is 3.87. The maximum Gasteiger partial charge on any atom is 0.416 e. The molecule has 4 nitrogen and oxygen atoms in total. The average molecular weight is 316 g/mol. The Morgan fingerprint density at radius 2 is 2.10 bits per heavy atom. The fourth-order valence-electron chi connectivity index (χ4n) is 1.78. The number of alkyl halides is 3. The zero-order chi connectivity index (χ0) is 15.5. The summed E-state index contributed by atoms with van der Waals surface area (Å²) >= 11 is 1.15. The minimum absolute atomic E-state index is 0.195. The first-order chi connectivity index (χ1) is 9.91. The number of rotatable bonds is 5. The van der Waals surface area contributed by atoms with Gasteiger partial charge in [-0.2, -0.15) is 18.3 Å². The number of hydrogen-bond acceptors (Lipinski definition) is 4. The molecule has 2 aromatic rings. The van der Waals surface area contributed by atoms with Crippen molar-refractivity contribution in [2.75, 3.05) is 6.54 Å². The molecule has 114 valence electrons.